The van der Waals surface area contributed by atoms with Crippen LogP contribution in [0.15, 0.2) is 59.2 Å². The lowest BCUT2D eigenvalue weighted by molar-refractivity contribution is -0.166. The predicted molar refractivity (Wildman–Crippen MR) is 169 cm³/mol. The lowest BCUT2D eigenvalue weighted by Crippen LogP contribution is -2.57. The fraction of sp³-hybridized carbons (Fsp3) is 0.571. The van der Waals surface area contributed by atoms with Gasteiger partial charge in [-0.1, -0.05) is 73.4 Å². The molecule has 5 rings (SSSR count). The second-order valence-electron chi connectivity index (χ2n) is 12.5. The molecule has 1 unspecified atom stereocenters. The number of halogens is 1. The van der Waals surface area contributed by atoms with Crippen LogP contribution in [0.1, 0.15) is 82.3 Å². The zero-order valence-corrected chi connectivity index (χ0v) is 26.2. The minimum Gasteiger partial charge on any atom is -0.466 e. The van der Waals surface area contributed by atoms with Crippen molar-refractivity contribution in [1.29, 1.82) is 0 Å². The van der Waals surface area contributed by atoms with Gasteiger partial charge in [0.15, 0.2) is 0 Å². The summed E-state index contributed by atoms with van der Waals surface area (Å²) >= 11 is 6.34. The molecule has 232 valence electrons. The highest BCUT2D eigenvalue weighted by molar-refractivity contribution is 6.29. The van der Waals surface area contributed by atoms with Crippen LogP contribution in [0.5, 0.6) is 0 Å². The average molecular weight is 608 g/mol. The molecule has 2 fully saturated rings. The van der Waals surface area contributed by atoms with Gasteiger partial charge in [-0.2, -0.15) is 0 Å². The lowest BCUT2D eigenvalue weighted by Gasteiger charge is -2.46. The van der Waals surface area contributed by atoms with Crippen LogP contribution in [0.25, 0.3) is 0 Å². The second-order valence-corrected chi connectivity index (χ2v) is 13.0. The van der Waals surface area contributed by atoms with Gasteiger partial charge in [0.1, 0.15) is 6.04 Å². The largest absolute Gasteiger partial charge is 0.466 e. The Kier molecular flexibility index (Phi) is 10.8. The number of amides is 2. The Balaban J connectivity index is 1.32. The molecular formula is C35H46ClN3O4. The first-order valence-corrected chi connectivity index (χ1v) is 16.6. The molecule has 0 aromatic heterocycles. The molecule has 0 bridgehead atoms. The Hall–Kier alpha value is -2.90. The molecule has 4 aliphatic rings. The van der Waals surface area contributed by atoms with Gasteiger partial charge in [-0.3, -0.25) is 14.4 Å². The van der Waals surface area contributed by atoms with E-state index in [1.807, 2.05) is 42.2 Å². The van der Waals surface area contributed by atoms with E-state index < -0.39 is 17.5 Å². The van der Waals surface area contributed by atoms with Crippen molar-refractivity contribution in [3.8, 4) is 0 Å². The van der Waals surface area contributed by atoms with Gasteiger partial charge in [-0.05, 0) is 80.6 Å². The van der Waals surface area contributed by atoms with Crippen LogP contribution in [0.4, 0.5) is 0 Å². The van der Waals surface area contributed by atoms with Crippen LogP contribution in [-0.2, 0) is 32.1 Å². The molecule has 2 N–H and O–H groups in total. The van der Waals surface area contributed by atoms with Gasteiger partial charge in [0, 0.05) is 31.1 Å². The summed E-state index contributed by atoms with van der Waals surface area (Å²) in [5.74, 6) is -0.0694. The lowest BCUT2D eigenvalue weighted by atomic mass is 9.63. The van der Waals surface area contributed by atoms with Crippen LogP contribution in [0.3, 0.4) is 0 Å². The Morgan fingerprint density at radius 2 is 1.84 bits per heavy atom. The molecule has 7 nitrogen and oxygen atoms in total. The van der Waals surface area contributed by atoms with Gasteiger partial charge in [-0.25, -0.2) is 0 Å². The summed E-state index contributed by atoms with van der Waals surface area (Å²) in [6.45, 7) is 3.81. The quantitative estimate of drug-likeness (QED) is 0.369. The van der Waals surface area contributed by atoms with Crippen molar-refractivity contribution in [2.24, 2.45) is 11.3 Å². The Morgan fingerprint density at radius 3 is 2.58 bits per heavy atom. The maximum absolute atomic E-state index is 14.2. The first-order valence-electron chi connectivity index (χ1n) is 16.2. The zero-order chi connectivity index (χ0) is 30.2. The van der Waals surface area contributed by atoms with Crippen molar-refractivity contribution < 1.29 is 19.1 Å². The van der Waals surface area contributed by atoms with Gasteiger partial charge < -0.3 is 20.3 Å². The van der Waals surface area contributed by atoms with E-state index in [9.17, 15) is 14.4 Å². The number of carbonyl (C=O) groups excluding carboxylic acids is 3. The van der Waals surface area contributed by atoms with Crippen LogP contribution < -0.4 is 10.6 Å². The van der Waals surface area contributed by atoms with E-state index in [0.717, 1.165) is 54.7 Å². The molecule has 43 heavy (non-hydrogen) atoms. The van der Waals surface area contributed by atoms with Crippen molar-refractivity contribution in [3.63, 3.8) is 0 Å². The van der Waals surface area contributed by atoms with Crippen molar-refractivity contribution in [3.05, 3.63) is 70.3 Å². The van der Waals surface area contributed by atoms with E-state index in [4.69, 9.17) is 16.3 Å². The molecule has 2 aliphatic carbocycles. The number of likely N-dealkylation sites (tertiary alicyclic amines) is 1. The number of benzene rings is 1. The number of fused-ring (bicyclic) bond motifs is 1. The SMILES string of the molecule is CCOC(=O)C1(C2CCCCC2)CCN(C(=O)C(CC2=C/C=C(/Cl)CCC=C2)NC(=O)[C@@H]2Cc3ccccc3CN2)CC1. The highest BCUT2D eigenvalue weighted by atomic mass is 35.5. The Bertz CT molecular complexity index is 1260. The van der Waals surface area contributed by atoms with Crippen LogP contribution in [0, 0.1) is 11.3 Å². The normalized spacial score (nSPS) is 24.3. The van der Waals surface area contributed by atoms with Gasteiger partial charge in [0.05, 0.1) is 18.1 Å². The second kappa shape index (κ2) is 14.7. The van der Waals surface area contributed by atoms with Crippen molar-refractivity contribution in [1.82, 2.24) is 15.5 Å². The van der Waals surface area contributed by atoms with Crippen molar-refractivity contribution >= 4 is 29.4 Å². The monoisotopic (exact) mass is 607 g/mol. The minimum absolute atomic E-state index is 0.0999. The fourth-order valence-electron chi connectivity index (χ4n) is 7.33. The van der Waals surface area contributed by atoms with Crippen LogP contribution in [-0.4, -0.2) is 54.5 Å². The maximum atomic E-state index is 14.2. The fourth-order valence-corrected chi connectivity index (χ4v) is 7.50. The summed E-state index contributed by atoms with van der Waals surface area (Å²) in [6, 6.07) is 7.02. The van der Waals surface area contributed by atoms with Crippen molar-refractivity contribution in [2.75, 3.05) is 19.7 Å². The minimum atomic E-state index is -0.723. The molecule has 2 heterocycles. The number of esters is 1. The smallest absolute Gasteiger partial charge is 0.312 e. The molecule has 1 aromatic carbocycles. The third-order valence-electron chi connectivity index (χ3n) is 9.85. The highest BCUT2D eigenvalue weighted by Gasteiger charge is 2.49. The van der Waals surface area contributed by atoms with Crippen molar-refractivity contribution in [2.45, 2.75) is 96.2 Å². The van der Waals surface area contributed by atoms with Gasteiger partial charge in [-0.15, -0.1) is 0 Å². The molecule has 0 spiro atoms. The number of rotatable bonds is 8. The summed E-state index contributed by atoms with van der Waals surface area (Å²) in [7, 11) is 0. The molecular weight excluding hydrogens is 562 g/mol. The maximum Gasteiger partial charge on any atom is 0.312 e. The number of carbonyl (C=O) groups is 3. The molecule has 1 aromatic rings. The van der Waals surface area contributed by atoms with Gasteiger partial charge >= 0.3 is 5.97 Å². The van der Waals surface area contributed by atoms with Crippen LogP contribution >= 0.6 is 11.6 Å². The van der Waals surface area contributed by atoms with Gasteiger partial charge in [0.2, 0.25) is 11.8 Å². The summed E-state index contributed by atoms with van der Waals surface area (Å²) in [5, 5.41) is 7.25. The molecule has 2 amide bonds. The molecule has 1 saturated carbocycles. The number of hydrogen-bond donors (Lipinski definition) is 2. The molecule has 8 heteroatoms. The summed E-state index contributed by atoms with van der Waals surface area (Å²) < 4.78 is 5.62. The topological polar surface area (TPSA) is 87.7 Å². The molecule has 1 saturated heterocycles. The Morgan fingerprint density at radius 1 is 1.09 bits per heavy atom. The highest BCUT2D eigenvalue weighted by Crippen LogP contribution is 2.47. The molecule has 2 aliphatic heterocycles. The van der Waals surface area contributed by atoms with E-state index in [1.165, 1.54) is 12.0 Å². The third-order valence-corrected chi connectivity index (χ3v) is 10.2. The van der Waals surface area contributed by atoms with Gasteiger partial charge in [0.25, 0.3) is 0 Å². The first kappa shape index (κ1) is 31.5. The number of allylic oxidation sites excluding steroid dienone is 5. The van der Waals surface area contributed by atoms with E-state index in [-0.39, 0.29) is 17.8 Å². The van der Waals surface area contributed by atoms with E-state index in [0.29, 0.717) is 57.8 Å². The third kappa shape index (κ3) is 7.61. The number of nitrogens with zero attached hydrogens (tertiary/aromatic N) is 1. The number of hydrogen-bond acceptors (Lipinski definition) is 5. The van der Waals surface area contributed by atoms with E-state index >= 15 is 0 Å². The number of piperidine rings is 1. The standard InChI is InChI=1S/C35H46ClN3O4/c1-2-43-34(42)35(28-13-4-3-5-14-28)18-20-39(21-19-35)33(41)31(22-25-10-6-9-15-29(36)17-16-25)38-32(40)30-23-26-11-7-8-12-27(26)24-37-30/h6-8,10-12,16-17,28,30-31,37H,2-5,9,13-15,18-24H2,1H3,(H,38,40)/b10-6?,25-16?,29-17+/t30-,31?/m0/s1. The summed E-state index contributed by atoms with van der Waals surface area (Å²) in [6.07, 6.45) is 17.3. The Labute approximate surface area is 261 Å². The number of ether oxygens (including phenoxy) is 1. The predicted octanol–water partition coefficient (Wildman–Crippen LogP) is 5.73. The van der Waals surface area contributed by atoms with E-state index in [1.54, 1.807) is 0 Å². The zero-order valence-electron chi connectivity index (χ0n) is 25.4. The van der Waals surface area contributed by atoms with E-state index in [2.05, 4.69) is 28.8 Å². The molecule has 2 atom stereocenters. The average Bonchev–Trinajstić information content (AvgIpc) is 3.03. The first-order chi connectivity index (χ1) is 20.9. The molecule has 0 radical (unpaired) electrons. The summed E-state index contributed by atoms with van der Waals surface area (Å²) in [4.78, 5) is 43.0. The summed E-state index contributed by atoms with van der Waals surface area (Å²) in [5.41, 5.74) is 2.77. The van der Waals surface area contributed by atoms with Crippen LogP contribution in [0.2, 0.25) is 0 Å². The number of nitrogens with one attached hydrogen (secondary N) is 2.